The van der Waals surface area contributed by atoms with Crippen LogP contribution in [0.15, 0.2) is 40.8 Å². The van der Waals surface area contributed by atoms with Gasteiger partial charge in [-0.3, -0.25) is 4.18 Å². The highest BCUT2D eigenvalue weighted by atomic mass is 32.2. The average Bonchev–Trinajstić information content (AvgIpc) is 2.55. The SMILES string of the molecule is Cc1ccc(S(=O)(=O)OCCC2CCCC3=CCCCC32)cc1. The van der Waals surface area contributed by atoms with Crippen molar-refractivity contribution in [2.75, 3.05) is 6.61 Å². The van der Waals surface area contributed by atoms with Crippen LogP contribution in [-0.2, 0) is 14.3 Å². The maximum absolute atomic E-state index is 12.2. The predicted octanol–water partition coefficient (Wildman–Crippen LogP) is 4.62. The Morgan fingerprint density at radius 2 is 1.91 bits per heavy atom. The molecular formula is C19H26O3S. The number of hydrogen-bond acceptors (Lipinski definition) is 3. The average molecular weight is 334 g/mol. The van der Waals surface area contributed by atoms with Crippen LogP contribution in [0.1, 0.15) is 50.5 Å². The summed E-state index contributed by atoms with van der Waals surface area (Å²) in [6, 6.07) is 6.84. The molecule has 0 heterocycles. The molecular weight excluding hydrogens is 308 g/mol. The fourth-order valence-corrected chi connectivity index (χ4v) is 4.91. The first kappa shape index (κ1) is 16.7. The second-order valence-corrected chi connectivity index (χ2v) is 8.46. The van der Waals surface area contributed by atoms with Gasteiger partial charge < -0.3 is 0 Å². The van der Waals surface area contributed by atoms with E-state index in [9.17, 15) is 8.42 Å². The van der Waals surface area contributed by atoms with Crippen molar-refractivity contribution in [2.45, 2.75) is 56.8 Å². The molecule has 1 fully saturated rings. The van der Waals surface area contributed by atoms with Gasteiger partial charge >= 0.3 is 0 Å². The van der Waals surface area contributed by atoms with E-state index < -0.39 is 10.1 Å². The van der Waals surface area contributed by atoms with Crippen molar-refractivity contribution in [3.05, 3.63) is 41.5 Å². The number of hydrogen-bond donors (Lipinski definition) is 0. The van der Waals surface area contributed by atoms with Gasteiger partial charge in [0.05, 0.1) is 11.5 Å². The Morgan fingerprint density at radius 1 is 1.13 bits per heavy atom. The van der Waals surface area contributed by atoms with Crippen molar-refractivity contribution in [3.63, 3.8) is 0 Å². The minimum atomic E-state index is -3.62. The predicted molar refractivity (Wildman–Crippen MR) is 91.7 cm³/mol. The van der Waals surface area contributed by atoms with Crippen molar-refractivity contribution < 1.29 is 12.6 Å². The molecule has 2 aliphatic carbocycles. The zero-order valence-corrected chi connectivity index (χ0v) is 14.6. The second kappa shape index (κ2) is 7.18. The van der Waals surface area contributed by atoms with Gasteiger partial charge in [-0.15, -0.1) is 0 Å². The van der Waals surface area contributed by atoms with Gasteiger partial charge in [0, 0.05) is 0 Å². The first-order chi connectivity index (χ1) is 11.1. The lowest BCUT2D eigenvalue weighted by Crippen LogP contribution is -2.25. The van der Waals surface area contributed by atoms with Crippen molar-refractivity contribution in [1.29, 1.82) is 0 Å². The molecule has 2 aliphatic rings. The fraction of sp³-hybridized carbons (Fsp3) is 0.579. The normalized spacial score (nSPS) is 24.8. The summed E-state index contributed by atoms with van der Waals surface area (Å²) >= 11 is 0. The van der Waals surface area contributed by atoms with Crippen molar-refractivity contribution in [2.24, 2.45) is 11.8 Å². The van der Waals surface area contributed by atoms with Gasteiger partial charge in [0.1, 0.15) is 0 Å². The summed E-state index contributed by atoms with van der Waals surface area (Å²) in [6.45, 7) is 2.24. The Kier molecular flexibility index (Phi) is 5.22. The van der Waals surface area contributed by atoms with E-state index in [1.807, 2.05) is 6.92 Å². The number of aryl methyl sites for hydroxylation is 1. The third-order valence-electron chi connectivity index (χ3n) is 5.25. The third kappa shape index (κ3) is 4.04. The fourth-order valence-electron chi connectivity index (χ4n) is 3.99. The second-order valence-electron chi connectivity index (χ2n) is 6.85. The van der Waals surface area contributed by atoms with Gasteiger partial charge in [0.2, 0.25) is 0 Å². The van der Waals surface area contributed by atoms with Crippen LogP contribution in [0.5, 0.6) is 0 Å². The minimum absolute atomic E-state index is 0.255. The maximum atomic E-state index is 12.2. The summed E-state index contributed by atoms with van der Waals surface area (Å²) in [6.07, 6.45) is 10.7. The number of rotatable bonds is 5. The number of fused-ring (bicyclic) bond motifs is 1. The summed E-state index contributed by atoms with van der Waals surface area (Å²) in [5.41, 5.74) is 2.66. The van der Waals surface area contributed by atoms with E-state index >= 15 is 0 Å². The highest BCUT2D eigenvalue weighted by molar-refractivity contribution is 7.86. The largest absolute Gasteiger partial charge is 0.296 e. The van der Waals surface area contributed by atoms with Crippen LogP contribution in [0.2, 0.25) is 0 Å². The lowest BCUT2D eigenvalue weighted by molar-refractivity contribution is 0.210. The molecule has 0 saturated heterocycles. The molecule has 0 amide bonds. The summed E-state index contributed by atoms with van der Waals surface area (Å²) < 4.78 is 29.8. The van der Waals surface area contributed by atoms with Crippen molar-refractivity contribution in [1.82, 2.24) is 0 Å². The van der Waals surface area contributed by atoms with Gasteiger partial charge in [0.15, 0.2) is 0 Å². The minimum Gasteiger partial charge on any atom is -0.266 e. The van der Waals surface area contributed by atoms with Crippen molar-refractivity contribution in [3.8, 4) is 0 Å². The molecule has 0 radical (unpaired) electrons. The van der Waals surface area contributed by atoms with Crippen LogP contribution in [0, 0.1) is 18.8 Å². The van der Waals surface area contributed by atoms with Gasteiger partial charge in [-0.2, -0.15) is 8.42 Å². The molecule has 1 aromatic rings. The van der Waals surface area contributed by atoms with Gasteiger partial charge in [-0.25, -0.2) is 0 Å². The van der Waals surface area contributed by atoms with E-state index in [0.29, 0.717) is 18.4 Å². The first-order valence-corrected chi connectivity index (χ1v) is 10.1. The molecule has 0 aromatic heterocycles. The lowest BCUT2D eigenvalue weighted by Gasteiger charge is -2.36. The van der Waals surface area contributed by atoms with Crippen LogP contribution < -0.4 is 0 Å². The summed E-state index contributed by atoms with van der Waals surface area (Å²) in [7, 11) is -3.62. The van der Waals surface area contributed by atoms with Crippen LogP contribution in [0.3, 0.4) is 0 Å². The molecule has 0 spiro atoms. The van der Waals surface area contributed by atoms with Crippen LogP contribution in [-0.4, -0.2) is 15.0 Å². The monoisotopic (exact) mass is 334 g/mol. The van der Waals surface area contributed by atoms with E-state index in [1.165, 1.54) is 38.5 Å². The van der Waals surface area contributed by atoms with Crippen LogP contribution in [0.4, 0.5) is 0 Å². The maximum Gasteiger partial charge on any atom is 0.296 e. The topological polar surface area (TPSA) is 43.4 Å². The Hall–Kier alpha value is -1.13. The van der Waals surface area contributed by atoms with Gasteiger partial charge in [-0.05, 0) is 75.8 Å². The molecule has 2 unspecified atom stereocenters. The Balaban J connectivity index is 1.57. The standard InChI is InChI=1S/C19H26O3S/c1-15-9-11-18(12-10-15)23(20,21)22-14-13-17-7-4-6-16-5-2-3-8-19(16)17/h5,9-12,17,19H,2-4,6-8,13-14H2,1H3. The Bertz CT molecular complexity index is 658. The third-order valence-corrected chi connectivity index (χ3v) is 6.57. The number of benzene rings is 1. The summed E-state index contributed by atoms with van der Waals surface area (Å²) in [5, 5.41) is 0. The lowest BCUT2D eigenvalue weighted by atomic mass is 9.70. The van der Waals surface area contributed by atoms with Gasteiger partial charge in [-0.1, -0.05) is 29.3 Å². The van der Waals surface area contributed by atoms with Crippen LogP contribution in [0.25, 0.3) is 0 Å². The smallest absolute Gasteiger partial charge is 0.266 e. The zero-order valence-electron chi connectivity index (χ0n) is 13.8. The molecule has 4 heteroatoms. The molecule has 1 saturated carbocycles. The Morgan fingerprint density at radius 3 is 2.70 bits per heavy atom. The molecule has 2 atom stereocenters. The molecule has 0 aliphatic heterocycles. The van der Waals surface area contributed by atoms with Gasteiger partial charge in [0.25, 0.3) is 10.1 Å². The van der Waals surface area contributed by atoms with E-state index in [0.717, 1.165) is 12.0 Å². The molecule has 126 valence electrons. The molecule has 23 heavy (non-hydrogen) atoms. The Labute approximate surface area is 139 Å². The van der Waals surface area contributed by atoms with E-state index in [1.54, 1.807) is 29.8 Å². The molecule has 0 bridgehead atoms. The molecule has 3 rings (SSSR count). The molecule has 0 N–H and O–H groups in total. The highest BCUT2D eigenvalue weighted by Crippen LogP contribution is 2.42. The molecule has 3 nitrogen and oxygen atoms in total. The van der Waals surface area contributed by atoms with E-state index in [2.05, 4.69) is 6.08 Å². The molecule has 1 aromatic carbocycles. The zero-order chi connectivity index (χ0) is 16.3. The van der Waals surface area contributed by atoms with E-state index in [4.69, 9.17) is 4.18 Å². The highest BCUT2D eigenvalue weighted by Gasteiger charge is 2.30. The quantitative estimate of drug-likeness (QED) is 0.583. The van der Waals surface area contributed by atoms with Crippen LogP contribution >= 0.6 is 0 Å². The summed E-state index contributed by atoms with van der Waals surface area (Å²) in [5.74, 6) is 1.26. The van der Waals surface area contributed by atoms with E-state index in [-0.39, 0.29) is 4.90 Å². The first-order valence-electron chi connectivity index (χ1n) is 8.71. The van der Waals surface area contributed by atoms with Crippen molar-refractivity contribution >= 4 is 10.1 Å². The summed E-state index contributed by atoms with van der Waals surface area (Å²) in [4.78, 5) is 0.255. The number of allylic oxidation sites excluding steroid dienone is 2.